The molecule has 0 N–H and O–H groups in total. The predicted molar refractivity (Wildman–Crippen MR) is 297 cm³/mol. The summed E-state index contributed by atoms with van der Waals surface area (Å²) in [6.07, 6.45) is 84.1. The minimum Gasteiger partial charge on any atom is -0.462 e. The van der Waals surface area contributed by atoms with Crippen molar-refractivity contribution in [2.75, 3.05) is 19.8 Å². The highest BCUT2D eigenvalue weighted by Gasteiger charge is 2.17. The summed E-state index contributed by atoms with van der Waals surface area (Å²) in [7, 11) is 0. The number of hydrogen-bond acceptors (Lipinski definition) is 5. The van der Waals surface area contributed by atoms with Gasteiger partial charge in [-0.25, -0.2) is 0 Å². The Kier molecular flexibility index (Phi) is 53.1. The van der Waals surface area contributed by atoms with Crippen molar-refractivity contribution in [1.82, 2.24) is 0 Å². The summed E-state index contributed by atoms with van der Waals surface area (Å²) in [5.41, 5.74) is 0. The molecule has 0 aromatic heterocycles. The molecule has 0 aliphatic rings. The Hall–Kier alpha value is -4.48. The molecule has 5 heteroatoms. The lowest BCUT2D eigenvalue weighted by atomic mass is 10.1. The van der Waals surface area contributed by atoms with Gasteiger partial charge in [-0.1, -0.05) is 217 Å². The zero-order chi connectivity index (χ0) is 49.2. The number of hydrogen-bond donors (Lipinski definition) is 0. The number of carbonyl (C=O) groups excluding carboxylic acids is 2. The van der Waals surface area contributed by atoms with Gasteiger partial charge in [0.05, 0.1) is 6.61 Å². The zero-order valence-corrected chi connectivity index (χ0v) is 43.6. The SMILES string of the molecule is CC/C=C\C/C=C\C/C=C\C/C=C\C/C=C\CCCC(=O)OCC(COCCCCCCCCCC/C=C\C/C=C\C/C=C\CC)OC(=O)CCC/C=C\C/C=C\C/C=C\C/C=C\C/C=C\CC. The van der Waals surface area contributed by atoms with E-state index in [0.717, 1.165) is 109 Å². The number of unbranched alkanes of at least 4 members (excludes halogenated alkanes) is 10. The Morgan fingerprint density at radius 3 is 0.985 bits per heavy atom. The Balaban J connectivity index is 4.51. The molecule has 0 aromatic carbocycles. The number of carbonyl (C=O) groups is 2. The van der Waals surface area contributed by atoms with E-state index in [0.29, 0.717) is 32.3 Å². The fourth-order valence-electron chi connectivity index (χ4n) is 6.65. The average molecular weight is 935 g/mol. The van der Waals surface area contributed by atoms with E-state index in [1.54, 1.807) is 0 Å². The highest BCUT2D eigenvalue weighted by atomic mass is 16.6. The van der Waals surface area contributed by atoms with Crippen LogP contribution in [0.4, 0.5) is 0 Å². The second-order valence-corrected chi connectivity index (χ2v) is 17.0. The predicted octanol–water partition coefficient (Wildman–Crippen LogP) is 18.7. The third-order valence-corrected chi connectivity index (χ3v) is 10.5. The molecule has 5 nitrogen and oxygen atoms in total. The van der Waals surface area contributed by atoms with Gasteiger partial charge in [0.15, 0.2) is 6.10 Å². The Morgan fingerprint density at radius 2 is 0.618 bits per heavy atom. The van der Waals surface area contributed by atoms with Crippen molar-refractivity contribution in [3.05, 3.63) is 158 Å². The Bertz CT molecular complexity index is 1520. The summed E-state index contributed by atoms with van der Waals surface area (Å²) < 4.78 is 17.3. The largest absolute Gasteiger partial charge is 0.462 e. The van der Waals surface area contributed by atoms with Crippen LogP contribution in [0.2, 0.25) is 0 Å². The second-order valence-electron chi connectivity index (χ2n) is 17.0. The number of ether oxygens (including phenoxy) is 3. The molecule has 380 valence electrons. The van der Waals surface area contributed by atoms with Crippen LogP contribution in [0.25, 0.3) is 0 Å². The van der Waals surface area contributed by atoms with E-state index in [9.17, 15) is 9.59 Å². The van der Waals surface area contributed by atoms with Gasteiger partial charge in [-0.3, -0.25) is 9.59 Å². The van der Waals surface area contributed by atoms with E-state index in [-0.39, 0.29) is 25.2 Å². The number of allylic oxidation sites excluding steroid dienone is 26. The maximum absolute atomic E-state index is 12.8. The van der Waals surface area contributed by atoms with Crippen molar-refractivity contribution in [2.24, 2.45) is 0 Å². The second kappa shape index (κ2) is 56.8. The fourth-order valence-corrected chi connectivity index (χ4v) is 6.65. The van der Waals surface area contributed by atoms with Gasteiger partial charge in [0, 0.05) is 19.4 Å². The molecule has 68 heavy (non-hydrogen) atoms. The van der Waals surface area contributed by atoms with Crippen LogP contribution >= 0.6 is 0 Å². The normalized spacial score (nSPS) is 13.5. The standard InChI is InChI=1S/C63H98O5/c1-4-7-10-13-16-19-22-25-28-31-34-37-40-43-46-49-52-55-58-66-59-61(68-63(65)57-54-51-48-45-42-39-36-33-30-27-24-21-18-15-12-9-6-3)60-67-62(64)56-53-50-47-44-41-38-35-32-29-26-23-20-17-14-11-8-5-2/h7-12,16-21,25-30,35-36,38-39,44-45,47-48,61H,4-6,13-15,22-24,31-34,37,40-43,46,49-60H2,1-3H3/b10-7-,11-8-,12-9-,19-16-,20-17-,21-18-,28-25-,29-26-,30-27-,38-35-,39-36-,47-44-,48-45-. The van der Waals surface area contributed by atoms with Crippen molar-refractivity contribution in [3.63, 3.8) is 0 Å². The smallest absolute Gasteiger partial charge is 0.306 e. The van der Waals surface area contributed by atoms with Crippen LogP contribution in [0, 0.1) is 0 Å². The molecule has 0 amide bonds. The first-order valence-electron chi connectivity index (χ1n) is 27.0. The lowest BCUT2D eigenvalue weighted by Crippen LogP contribution is -2.30. The fraction of sp³-hybridized carbons (Fsp3) is 0.556. The molecule has 0 aromatic rings. The van der Waals surface area contributed by atoms with Gasteiger partial charge in [0.2, 0.25) is 0 Å². The number of esters is 2. The first-order valence-corrected chi connectivity index (χ1v) is 27.0. The molecule has 0 aliphatic heterocycles. The van der Waals surface area contributed by atoms with Crippen LogP contribution in [-0.2, 0) is 23.8 Å². The Labute approximate surface area is 418 Å². The summed E-state index contributed by atoms with van der Waals surface area (Å²) in [6, 6.07) is 0. The van der Waals surface area contributed by atoms with Gasteiger partial charge < -0.3 is 14.2 Å². The van der Waals surface area contributed by atoms with E-state index < -0.39 is 6.10 Å². The van der Waals surface area contributed by atoms with Crippen LogP contribution < -0.4 is 0 Å². The summed E-state index contributed by atoms with van der Waals surface area (Å²) >= 11 is 0. The molecular weight excluding hydrogens is 837 g/mol. The minimum absolute atomic E-state index is 0.0186. The Morgan fingerprint density at radius 1 is 0.324 bits per heavy atom. The van der Waals surface area contributed by atoms with Crippen molar-refractivity contribution in [1.29, 1.82) is 0 Å². The van der Waals surface area contributed by atoms with Crippen LogP contribution in [0.3, 0.4) is 0 Å². The molecule has 0 radical (unpaired) electrons. The summed E-state index contributed by atoms with van der Waals surface area (Å²) in [6.45, 7) is 7.33. The summed E-state index contributed by atoms with van der Waals surface area (Å²) in [5, 5.41) is 0. The molecule has 0 saturated carbocycles. The highest BCUT2D eigenvalue weighted by Crippen LogP contribution is 2.12. The lowest BCUT2D eigenvalue weighted by Gasteiger charge is -2.18. The molecule has 0 spiro atoms. The number of rotatable bonds is 47. The van der Waals surface area contributed by atoms with Crippen LogP contribution in [0.5, 0.6) is 0 Å². The van der Waals surface area contributed by atoms with E-state index in [1.165, 1.54) is 44.9 Å². The van der Waals surface area contributed by atoms with Gasteiger partial charge in [-0.05, 0) is 128 Å². The van der Waals surface area contributed by atoms with Gasteiger partial charge in [-0.2, -0.15) is 0 Å². The first kappa shape index (κ1) is 63.5. The summed E-state index contributed by atoms with van der Waals surface area (Å²) in [4.78, 5) is 25.4. The molecule has 0 saturated heterocycles. The highest BCUT2D eigenvalue weighted by molar-refractivity contribution is 5.70. The van der Waals surface area contributed by atoms with Crippen LogP contribution in [0.1, 0.15) is 201 Å². The zero-order valence-electron chi connectivity index (χ0n) is 43.6. The lowest BCUT2D eigenvalue weighted by molar-refractivity contribution is -0.162. The van der Waals surface area contributed by atoms with Gasteiger partial charge in [0.1, 0.15) is 6.61 Å². The van der Waals surface area contributed by atoms with E-state index in [1.807, 2.05) is 0 Å². The third-order valence-electron chi connectivity index (χ3n) is 10.5. The quantitative estimate of drug-likeness (QED) is 0.0346. The summed E-state index contributed by atoms with van der Waals surface area (Å²) in [5.74, 6) is -0.549. The molecular formula is C63H98O5. The van der Waals surface area contributed by atoms with Gasteiger partial charge in [0.25, 0.3) is 0 Å². The average Bonchev–Trinajstić information content (AvgIpc) is 3.34. The van der Waals surface area contributed by atoms with Gasteiger partial charge in [-0.15, -0.1) is 0 Å². The van der Waals surface area contributed by atoms with Crippen molar-refractivity contribution >= 4 is 11.9 Å². The molecule has 0 fully saturated rings. The molecule has 0 aliphatic carbocycles. The van der Waals surface area contributed by atoms with E-state index >= 15 is 0 Å². The maximum Gasteiger partial charge on any atom is 0.306 e. The molecule has 0 rings (SSSR count). The van der Waals surface area contributed by atoms with Crippen LogP contribution in [0.15, 0.2) is 158 Å². The maximum atomic E-state index is 12.8. The molecule has 1 atom stereocenters. The monoisotopic (exact) mass is 935 g/mol. The topological polar surface area (TPSA) is 61.8 Å². The van der Waals surface area contributed by atoms with Crippen LogP contribution in [-0.4, -0.2) is 37.9 Å². The first-order chi connectivity index (χ1) is 33.6. The van der Waals surface area contributed by atoms with E-state index in [2.05, 4.69) is 179 Å². The van der Waals surface area contributed by atoms with Gasteiger partial charge >= 0.3 is 11.9 Å². The van der Waals surface area contributed by atoms with Crippen molar-refractivity contribution < 1.29 is 23.8 Å². The molecule has 0 bridgehead atoms. The minimum atomic E-state index is -0.606. The third kappa shape index (κ3) is 54.1. The van der Waals surface area contributed by atoms with Crippen molar-refractivity contribution in [3.8, 4) is 0 Å². The molecule has 0 heterocycles. The van der Waals surface area contributed by atoms with Crippen molar-refractivity contribution in [2.45, 2.75) is 207 Å². The van der Waals surface area contributed by atoms with E-state index in [4.69, 9.17) is 14.2 Å². The molecule has 1 unspecified atom stereocenters.